The van der Waals surface area contributed by atoms with Gasteiger partial charge in [-0.1, -0.05) is 11.8 Å². The van der Waals surface area contributed by atoms with E-state index in [-0.39, 0.29) is 18.2 Å². The molecule has 0 saturated heterocycles. The smallest absolute Gasteiger partial charge is 0.272 e. The van der Waals surface area contributed by atoms with E-state index in [4.69, 9.17) is 4.74 Å². The number of anilines is 1. The van der Waals surface area contributed by atoms with Gasteiger partial charge >= 0.3 is 0 Å². The number of amides is 2. The fourth-order valence-corrected chi connectivity index (χ4v) is 5.43. The molecule has 5 rings (SSSR count). The van der Waals surface area contributed by atoms with Gasteiger partial charge in [0.1, 0.15) is 29.7 Å². The number of carbonyl (C=O) groups excluding carboxylic acids is 2. The average Bonchev–Trinajstić information content (AvgIpc) is 3.53. The van der Waals surface area contributed by atoms with Crippen LogP contribution in [0.15, 0.2) is 36.0 Å². The Labute approximate surface area is 215 Å². The highest BCUT2D eigenvalue weighted by molar-refractivity contribution is 7.17. The van der Waals surface area contributed by atoms with E-state index in [9.17, 15) is 14.7 Å². The Kier molecular flexibility index (Phi) is 6.04. The zero-order valence-electron chi connectivity index (χ0n) is 20.0. The van der Waals surface area contributed by atoms with E-state index < -0.39 is 17.6 Å². The van der Waals surface area contributed by atoms with Gasteiger partial charge in [-0.15, -0.1) is 22.7 Å². The maximum absolute atomic E-state index is 13.2. The molecule has 36 heavy (non-hydrogen) atoms. The quantitative estimate of drug-likeness (QED) is 0.401. The van der Waals surface area contributed by atoms with Crippen molar-refractivity contribution in [3.63, 3.8) is 0 Å². The van der Waals surface area contributed by atoms with Gasteiger partial charge in [-0.3, -0.25) is 14.0 Å². The number of nitrogens with one attached hydrogen (secondary N) is 1. The van der Waals surface area contributed by atoms with E-state index >= 15 is 0 Å². The van der Waals surface area contributed by atoms with Crippen molar-refractivity contribution in [2.45, 2.75) is 32.4 Å². The van der Waals surface area contributed by atoms with E-state index in [0.717, 1.165) is 15.6 Å². The summed E-state index contributed by atoms with van der Waals surface area (Å²) in [6, 6.07) is 4.31. The molecule has 0 bridgehead atoms. The fraction of sp³-hybridized carbons (Fsp3) is 0.280. The molecule has 2 amide bonds. The molecule has 0 fully saturated rings. The highest BCUT2D eigenvalue weighted by Crippen LogP contribution is 2.32. The Bertz CT molecular complexity index is 1550. The van der Waals surface area contributed by atoms with E-state index in [1.807, 2.05) is 16.7 Å². The predicted molar refractivity (Wildman–Crippen MR) is 139 cm³/mol. The Morgan fingerprint density at radius 1 is 1.36 bits per heavy atom. The first-order valence-electron chi connectivity index (χ1n) is 11.1. The highest BCUT2D eigenvalue weighted by Gasteiger charge is 2.31. The standard InChI is InChI=1S/C25H23N5O4S2/c1-14-26-10-21(36-14)19-13-35-24-28-16(11-30(19)24)22(31)27-17-12-34-20-6-5-15(7-8-25(2,3)33)9-18(20)29(4)23(17)32/h5-6,9-11,13,17,33H,12H2,1-4H3,(H,27,31)/t17-/m0/s1. The third-order valence-corrected chi connectivity index (χ3v) is 7.26. The number of aryl methyl sites for hydroxylation is 1. The first-order chi connectivity index (χ1) is 17.1. The van der Waals surface area contributed by atoms with Crippen LogP contribution >= 0.6 is 22.7 Å². The van der Waals surface area contributed by atoms with Crippen molar-refractivity contribution in [2.24, 2.45) is 0 Å². The van der Waals surface area contributed by atoms with Crippen LogP contribution in [0.5, 0.6) is 5.75 Å². The van der Waals surface area contributed by atoms with Crippen molar-refractivity contribution in [1.82, 2.24) is 19.7 Å². The van der Waals surface area contributed by atoms with Gasteiger partial charge in [-0.2, -0.15) is 0 Å². The van der Waals surface area contributed by atoms with Crippen molar-refractivity contribution in [2.75, 3.05) is 18.6 Å². The van der Waals surface area contributed by atoms with Crippen LogP contribution in [0.1, 0.15) is 34.9 Å². The third kappa shape index (κ3) is 4.70. The molecular weight excluding hydrogens is 498 g/mol. The average molecular weight is 522 g/mol. The summed E-state index contributed by atoms with van der Waals surface area (Å²) in [5.74, 6) is 5.38. The van der Waals surface area contributed by atoms with Crippen LogP contribution < -0.4 is 15.0 Å². The highest BCUT2D eigenvalue weighted by atomic mass is 32.1. The second-order valence-electron chi connectivity index (χ2n) is 8.87. The number of hydrogen-bond acceptors (Lipinski definition) is 8. The van der Waals surface area contributed by atoms with Crippen molar-refractivity contribution < 1.29 is 19.4 Å². The molecule has 1 aliphatic heterocycles. The molecule has 0 aliphatic carbocycles. The van der Waals surface area contributed by atoms with Gasteiger partial charge in [-0.05, 0) is 39.0 Å². The minimum Gasteiger partial charge on any atom is -0.489 e. The molecule has 4 heterocycles. The molecule has 1 aliphatic rings. The molecule has 1 aromatic carbocycles. The number of carbonyl (C=O) groups is 2. The molecule has 0 saturated carbocycles. The summed E-state index contributed by atoms with van der Waals surface area (Å²) in [5, 5.41) is 15.6. The van der Waals surface area contributed by atoms with E-state index in [1.165, 1.54) is 16.2 Å². The Hall–Kier alpha value is -3.72. The van der Waals surface area contributed by atoms with Crippen LogP contribution in [-0.4, -0.2) is 56.6 Å². The van der Waals surface area contributed by atoms with Crippen molar-refractivity contribution in [1.29, 1.82) is 0 Å². The molecule has 2 N–H and O–H groups in total. The minimum atomic E-state index is -1.14. The number of rotatable bonds is 3. The molecule has 1 atom stereocenters. The van der Waals surface area contributed by atoms with Crippen molar-refractivity contribution >= 4 is 45.1 Å². The second-order valence-corrected chi connectivity index (χ2v) is 10.9. The number of ether oxygens (including phenoxy) is 1. The van der Waals surface area contributed by atoms with Gasteiger partial charge in [0.15, 0.2) is 4.96 Å². The van der Waals surface area contributed by atoms with Gasteiger partial charge in [-0.25, -0.2) is 9.97 Å². The fourth-order valence-electron chi connectivity index (χ4n) is 3.69. The van der Waals surface area contributed by atoms with Crippen molar-refractivity contribution in [3.05, 3.63) is 52.2 Å². The number of likely N-dealkylation sites (N-methyl/N-ethyl adjacent to an activating group) is 1. The lowest BCUT2D eigenvalue weighted by atomic mass is 10.1. The minimum absolute atomic E-state index is 0.0236. The molecule has 184 valence electrons. The van der Waals surface area contributed by atoms with Gasteiger partial charge in [0.05, 0.1) is 21.3 Å². The lowest BCUT2D eigenvalue weighted by molar-refractivity contribution is -0.120. The van der Waals surface area contributed by atoms with Crippen LogP contribution in [0, 0.1) is 18.8 Å². The Morgan fingerprint density at radius 3 is 2.89 bits per heavy atom. The zero-order chi connectivity index (χ0) is 25.6. The lowest BCUT2D eigenvalue weighted by Gasteiger charge is -2.20. The Morgan fingerprint density at radius 2 is 2.17 bits per heavy atom. The maximum Gasteiger partial charge on any atom is 0.272 e. The molecule has 0 spiro atoms. The van der Waals surface area contributed by atoms with Crippen LogP contribution in [0.4, 0.5) is 5.69 Å². The summed E-state index contributed by atoms with van der Waals surface area (Å²) < 4.78 is 7.72. The first kappa shape index (κ1) is 24.0. The van der Waals surface area contributed by atoms with Gasteiger partial charge in [0, 0.05) is 30.4 Å². The number of hydrogen-bond donors (Lipinski definition) is 2. The van der Waals surface area contributed by atoms with E-state index in [2.05, 4.69) is 27.1 Å². The SMILES string of the molecule is Cc1ncc(-c2csc3nc(C(=O)N[C@H]4COc5ccc(C#CC(C)(C)O)cc5N(C)C4=O)cn23)s1. The number of imidazole rings is 1. The monoisotopic (exact) mass is 521 g/mol. The van der Waals surface area contributed by atoms with Crippen molar-refractivity contribution in [3.8, 4) is 28.2 Å². The summed E-state index contributed by atoms with van der Waals surface area (Å²) in [6.45, 7) is 5.11. The molecule has 11 heteroatoms. The normalized spacial score (nSPS) is 15.6. The molecule has 0 unspecified atom stereocenters. The third-order valence-electron chi connectivity index (χ3n) is 5.49. The van der Waals surface area contributed by atoms with Crippen LogP contribution in [0.25, 0.3) is 15.5 Å². The van der Waals surface area contributed by atoms with Crippen LogP contribution in [-0.2, 0) is 4.79 Å². The molecule has 0 radical (unpaired) electrons. The number of benzene rings is 1. The molecular formula is C25H23N5O4S2. The second kappa shape index (κ2) is 9.05. The van der Waals surface area contributed by atoms with Gasteiger partial charge in [0.2, 0.25) is 0 Å². The van der Waals surface area contributed by atoms with E-state index in [0.29, 0.717) is 22.0 Å². The lowest BCUT2D eigenvalue weighted by Crippen LogP contribution is -2.49. The van der Waals surface area contributed by atoms with E-state index in [1.54, 1.807) is 62.8 Å². The number of fused-ring (bicyclic) bond motifs is 2. The predicted octanol–water partition coefficient (Wildman–Crippen LogP) is 3.10. The largest absolute Gasteiger partial charge is 0.489 e. The summed E-state index contributed by atoms with van der Waals surface area (Å²) in [4.78, 5) is 38.1. The summed E-state index contributed by atoms with van der Waals surface area (Å²) in [7, 11) is 1.62. The summed E-state index contributed by atoms with van der Waals surface area (Å²) in [6.07, 6.45) is 3.47. The van der Waals surface area contributed by atoms with Crippen LogP contribution in [0.2, 0.25) is 0 Å². The zero-order valence-corrected chi connectivity index (χ0v) is 21.7. The Balaban J connectivity index is 1.35. The number of nitrogens with zero attached hydrogens (tertiary/aromatic N) is 4. The summed E-state index contributed by atoms with van der Waals surface area (Å²) in [5.41, 5.74) is 1.16. The maximum atomic E-state index is 13.2. The molecule has 3 aromatic heterocycles. The molecule has 4 aromatic rings. The van der Waals surface area contributed by atoms with Gasteiger partial charge in [0.25, 0.3) is 11.8 Å². The number of aromatic nitrogens is 3. The van der Waals surface area contributed by atoms with Gasteiger partial charge < -0.3 is 20.1 Å². The topological polar surface area (TPSA) is 109 Å². The summed E-state index contributed by atoms with van der Waals surface area (Å²) >= 11 is 3.00. The number of thiazole rings is 2. The molecule has 9 nitrogen and oxygen atoms in total. The van der Waals surface area contributed by atoms with Crippen LogP contribution in [0.3, 0.4) is 0 Å². The first-order valence-corrected chi connectivity index (χ1v) is 12.8. The number of aliphatic hydroxyl groups is 1.